The predicted octanol–water partition coefficient (Wildman–Crippen LogP) is 4.74. The van der Waals surface area contributed by atoms with Crippen LogP contribution in [0.2, 0.25) is 0 Å². The maximum Gasteiger partial charge on any atom is 0.302 e. The number of carbonyl (C=O) groups is 1. The van der Waals surface area contributed by atoms with Gasteiger partial charge in [-0.15, -0.1) is 0 Å². The van der Waals surface area contributed by atoms with Gasteiger partial charge < -0.3 is 20.8 Å². The van der Waals surface area contributed by atoms with Crippen molar-refractivity contribution in [1.29, 1.82) is 0 Å². The number of ether oxygens (including phenoxy) is 1. The van der Waals surface area contributed by atoms with Crippen molar-refractivity contribution in [3.63, 3.8) is 0 Å². The Balaban J connectivity index is 2.06. The van der Waals surface area contributed by atoms with E-state index < -0.39 is 0 Å². The zero-order valence-electron chi connectivity index (χ0n) is 19.0. The van der Waals surface area contributed by atoms with E-state index in [2.05, 4.69) is 46.5 Å². The standard InChI is InChI=1S/C26H30N4O2/c1-18-14-22(21-8-6-5-7-9-21)15-24(26(18)30(3)4)25(17-32-19(2)31)29-23-12-10-20(11-13-23)16-28-27/h5-16,25,29H,17,27H2,1-4H3. The zero-order valence-corrected chi connectivity index (χ0v) is 19.0. The molecule has 3 rings (SSSR count). The molecule has 0 spiro atoms. The summed E-state index contributed by atoms with van der Waals surface area (Å²) in [5.41, 5.74) is 7.38. The molecule has 0 saturated heterocycles. The van der Waals surface area contributed by atoms with Crippen molar-refractivity contribution in [1.82, 2.24) is 0 Å². The lowest BCUT2D eigenvalue weighted by atomic mass is 9.94. The normalized spacial score (nSPS) is 11.9. The van der Waals surface area contributed by atoms with Crippen LogP contribution in [0.5, 0.6) is 0 Å². The van der Waals surface area contributed by atoms with Crippen molar-refractivity contribution in [2.24, 2.45) is 10.9 Å². The summed E-state index contributed by atoms with van der Waals surface area (Å²) in [5, 5.41) is 7.11. The largest absolute Gasteiger partial charge is 0.463 e. The topological polar surface area (TPSA) is 79.9 Å². The van der Waals surface area contributed by atoms with Gasteiger partial charge in [0.1, 0.15) is 6.61 Å². The summed E-state index contributed by atoms with van der Waals surface area (Å²) >= 11 is 0. The smallest absolute Gasteiger partial charge is 0.302 e. The highest BCUT2D eigenvalue weighted by atomic mass is 16.5. The molecule has 0 bridgehead atoms. The Morgan fingerprint density at radius 2 is 1.78 bits per heavy atom. The van der Waals surface area contributed by atoms with Gasteiger partial charge >= 0.3 is 5.97 Å². The Labute approximate surface area is 189 Å². The van der Waals surface area contributed by atoms with E-state index in [-0.39, 0.29) is 18.6 Å². The van der Waals surface area contributed by atoms with Gasteiger partial charge in [0.15, 0.2) is 0 Å². The van der Waals surface area contributed by atoms with Crippen LogP contribution in [-0.2, 0) is 9.53 Å². The monoisotopic (exact) mass is 430 g/mol. The van der Waals surface area contributed by atoms with E-state index in [1.165, 1.54) is 6.92 Å². The molecular weight excluding hydrogens is 400 g/mol. The summed E-state index contributed by atoms with van der Waals surface area (Å²) in [4.78, 5) is 13.7. The number of nitrogens with two attached hydrogens (primary N) is 1. The SMILES string of the molecule is CC(=O)OCC(Nc1ccc(C=NN)cc1)c1cc(-c2ccccc2)cc(C)c1N(C)C. The summed E-state index contributed by atoms with van der Waals surface area (Å²) in [7, 11) is 4.05. The quantitative estimate of drug-likeness (QED) is 0.234. The van der Waals surface area contributed by atoms with Crippen molar-refractivity contribution in [2.75, 3.05) is 30.9 Å². The molecule has 0 aromatic heterocycles. The first-order chi connectivity index (χ1) is 15.4. The van der Waals surface area contributed by atoms with Crippen LogP contribution in [0.15, 0.2) is 71.8 Å². The van der Waals surface area contributed by atoms with Gasteiger partial charge in [0.2, 0.25) is 0 Å². The lowest BCUT2D eigenvalue weighted by molar-refractivity contribution is -0.141. The molecule has 32 heavy (non-hydrogen) atoms. The summed E-state index contributed by atoms with van der Waals surface area (Å²) in [6.07, 6.45) is 1.59. The summed E-state index contributed by atoms with van der Waals surface area (Å²) in [5.74, 6) is 4.93. The molecule has 0 aliphatic carbocycles. The lowest BCUT2D eigenvalue weighted by Crippen LogP contribution is -2.23. The molecule has 3 aromatic carbocycles. The fraction of sp³-hybridized carbons (Fsp3) is 0.231. The number of esters is 1. The van der Waals surface area contributed by atoms with Gasteiger partial charge in [0.05, 0.1) is 12.3 Å². The van der Waals surface area contributed by atoms with Crippen molar-refractivity contribution < 1.29 is 9.53 Å². The lowest BCUT2D eigenvalue weighted by Gasteiger charge is -2.28. The second-order valence-electron chi connectivity index (χ2n) is 7.89. The molecule has 166 valence electrons. The summed E-state index contributed by atoms with van der Waals surface area (Å²) in [6, 6.07) is 22.2. The number of hydrogen-bond donors (Lipinski definition) is 2. The number of carbonyl (C=O) groups excluding carboxylic acids is 1. The van der Waals surface area contributed by atoms with Crippen LogP contribution in [0.3, 0.4) is 0 Å². The number of nitrogens with zero attached hydrogens (tertiary/aromatic N) is 2. The van der Waals surface area contributed by atoms with E-state index in [9.17, 15) is 4.79 Å². The molecule has 1 unspecified atom stereocenters. The van der Waals surface area contributed by atoms with Gasteiger partial charge in [-0.2, -0.15) is 5.10 Å². The first-order valence-electron chi connectivity index (χ1n) is 10.5. The number of benzene rings is 3. The first-order valence-corrected chi connectivity index (χ1v) is 10.5. The van der Waals surface area contributed by atoms with E-state index in [0.29, 0.717) is 0 Å². The van der Waals surface area contributed by atoms with Crippen molar-refractivity contribution in [3.8, 4) is 11.1 Å². The molecule has 0 radical (unpaired) electrons. The molecule has 0 aliphatic heterocycles. The van der Waals surface area contributed by atoms with Crippen LogP contribution in [0.1, 0.15) is 29.7 Å². The highest BCUT2D eigenvalue weighted by molar-refractivity contribution is 5.80. The third-order valence-corrected chi connectivity index (χ3v) is 5.19. The highest BCUT2D eigenvalue weighted by Gasteiger charge is 2.21. The van der Waals surface area contributed by atoms with Crippen LogP contribution < -0.4 is 16.1 Å². The first kappa shape index (κ1) is 22.9. The molecule has 1 atom stereocenters. The van der Waals surface area contributed by atoms with Crippen LogP contribution in [0.4, 0.5) is 11.4 Å². The highest BCUT2D eigenvalue weighted by Crippen LogP contribution is 2.36. The molecule has 6 heteroatoms. The number of nitrogens with one attached hydrogen (secondary N) is 1. The molecule has 0 saturated carbocycles. The number of anilines is 2. The van der Waals surface area contributed by atoms with E-state index in [0.717, 1.165) is 39.2 Å². The van der Waals surface area contributed by atoms with Crippen molar-refractivity contribution >= 4 is 23.6 Å². The molecule has 0 heterocycles. The molecule has 0 amide bonds. The van der Waals surface area contributed by atoms with E-state index >= 15 is 0 Å². The van der Waals surface area contributed by atoms with Crippen LogP contribution in [-0.4, -0.2) is 32.9 Å². The predicted molar refractivity (Wildman–Crippen MR) is 132 cm³/mol. The second kappa shape index (κ2) is 10.5. The molecule has 3 N–H and O–H groups in total. The molecular formula is C26H30N4O2. The fourth-order valence-electron chi connectivity index (χ4n) is 3.84. The van der Waals surface area contributed by atoms with E-state index in [1.54, 1.807) is 6.21 Å². The van der Waals surface area contributed by atoms with Crippen molar-refractivity contribution in [2.45, 2.75) is 19.9 Å². The minimum Gasteiger partial charge on any atom is -0.463 e. The van der Waals surface area contributed by atoms with Gasteiger partial charge in [0.25, 0.3) is 0 Å². The number of hydrazone groups is 1. The Kier molecular flexibility index (Phi) is 7.49. The molecule has 0 fully saturated rings. The fourth-order valence-corrected chi connectivity index (χ4v) is 3.84. The summed E-state index contributed by atoms with van der Waals surface area (Å²) in [6.45, 7) is 3.74. The van der Waals surface area contributed by atoms with Crippen molar-refractivity contribution in [3.05, 3.63) is 83.4 Å². The Morgan fingerprint density at radius 1 is 1.09 bits per heavy atom. The Morgan fingerprint density at radius 3 is 2.38 bits per heavy atom. The van der Waals surface area contributed by atoms with Crippen LogP contribution >= 0.6 is 0 Å². The average molecular weight is 431 g/mol. The van der Waals surface area contributed by atoms with E-state index in [4.69, 9.17) is 10.6 Å². The van der Waals surface area contributed by atoms with Gasteiger partial charge in [-0.3, -0.25) is 4.79 Å². The third kappa shape index (κ3) is 5.66. The zero-order chi connectivity index (χ0) is 23.1. The maximum atomic E-state index is 11.6. The van der Waals surface area contributed by atoms with Crippen LogP contribution in [0.25, 0.3) is 11.1 Å². The average Bonchev–Trinajstić information content (AvgIpc) is 2.77. The van der Waals surface area contributed by atoms with Crippen LogP contribution in [0, 0.1) is 6.92 Å². The number of rotatable bonds is 8. The number of hydrogen-bond acceptors (Lipinski definition) is 6. The minimum absolute atomic E-state index is 0.208. The van der Waals surface area contributed by atoms with Gasteiger partial charge in [-0.05, 0) is 53.4 Å². The Hall–Kier alpha value is -3.80. The van der Waals surface area contributed by atoms with Gasteiger partial charge in [0, 0.05) is 38.0 Å². The molecule has 0 aliphatic rings. The van der Waals surface area contributed by atoms with Gasteiger partial charge in [-0.1, -0.05) is 42.5 Å². The third-order valence-electron chi connectivity index (χ3n) is 5.19. The maximum absolute atomic E-state index is 11.6. The Bertz CT molecular complexity index is 1080. The van der Waals surface area contributed by atoms with Gasteiger partial charge in [-0.25, -0.2) is 0 Å². The second-order valence-corrected chi connectivity index (χ2v) is 7.89. The summed E-state index contributed by atoms with van der Waals surface area (Å²) < 4.78 is 5.46. The number of aryl methyl sites for hydroxylation is 1. The minimum atomic E-state index is -0.311. The van der Waals surface area contributed by atoms with E-state index in [1.807, 2.05) is 56.6 Å². The molecule has 6 nitrogen and oxygen atoms in total. The molecule has 3 aromatic rings.